The molecule has 2 rings (SSSR count). The molecule has 2 heterocycles. The van der Waals surface area contributed by atoms with Crippen LogP contribution in [0.1, 0.15) is 11.3 Å². The standard InChI is InChI=1S/C12H12FN3/c1-9-4-5-10(7-15-9)8-16-12-11(13)3-2-6-14-12/h2-7H,8H2,1H3,(H,14,16). The molecule has 0 aliphatic rings. The summed E-state index contributed by atoms with van der Waals surface area (Å²) in [5.41, 5.74) is 1.96. The molecule has 0 spiro atoms. The first-order valence-electron chi connectivity index (χ1n) is 5.01. The summed E-state index contributed by atoms with van der Waals surface area (Å²) in [6, 6.07) is 6.82. The van der Waals surface area contributed by atoms with E-state index in [0.717, 1.165) is 11.3 Å². The van der Waals surface area contributed by atoms with Crippen molar-refractivity contribution in [3.8, 4) is 0 Å². The van der Waals surface area contributed by atoms with Gasteiger partial charge in [-0.2, -0.15) is 0 Å². The lowest BCUT2D eigenvalue weighted by Gasteiger charge is -2.05. The molecule has 0 aliphatic carbocycles. The molecule has 0 aliphatic heterocycles. The van der Waals surface area contributed by atoms with Gasteiger partial charge in [0.05, 0.1) is 0 Å². The summed E-state index contributed by atoms with van der Waals surface area (Å²) in [6.45, 7) is 2.44. The highest BCUT2D eigenvalue weighted by molar-refractivity contribution is 5.36. The molecule has 2 aromatic rings. The first kappa shape index (κ1) is 10.5. The summed E-state index contributed by atoms with van der Waals surface area (Å²) < 4.78 is 13.2. The molecule has 16 heavy (non-hydrogen) atoms. The zero-order valence-electron chi connectivity index (χ0n) is 8.94. The average Bonchev–Trinajstić information content (AvgIpc) is 2.30. The number of nitrogens with zero attached hydrogens (tertiary/aromatic N) is 2. The Morgan fingerprint density at radius 2 is 2.12 bits per heavy atom. The van der Waals surface area contributed by atoms with E-state index < -0.39 is 0 Å². The van der Waals surface area contributed by atoms with Crippen LogP contribution in [0.4, 0.5) is 10.2 Å². The van der Waals surface area contributed by atoms with Gasteiger partial charge in [-0.1, -0.05) is 6.07 Å². The van der Waals surface area contributed by atoms with E-state index in [1.54, 1.807) is 18.5 Å². The topological polar surface area (TPSA) is 37.8 Å². The molecular weight excluding hydrogens is 205 g/mol. The van der Waals surface area contributed by atoms with Gasteiger partial charge >= 0.3 is 0 Å². The van der Waals surface area contributed by atoms with Crippen LogP contribution in [0.25, 0.3) is 0 Å². The van der Waals surface area contributed by atoms with Crippen molar-refractivity contribution in [1.82, 2.24) is 9.97 Å². The lowest BCUT2D eigenvalue weighted by molar-refractivity contribution is 0.624. The number of hydrogen-bond donors (Lipinski definition) is 1. The maximum absolute atomic E-state index is 13.2. The van der Waals surface area contributed by atoms with Crippen LogP contribution < -0.4 is 5.32 Å². The fraction of sp³-hybridized carbons (Fsp3) is 0.167. The van der Waals surface area contributed by atoms with Gasteiger partial charge in [0.1, 0.15) is 0 Å². The minimum atomic E-state index is -0.345. The SMILES string of the molecule is Cc1ccc(CNc2ncccc2F)cn1. The Balaban J connectivity index is 2.02. The third-order valence-electron chi connectivity index (χ3n) is 2.19. The zero-order chi connectivity index (χ0) is 11.4. The highest BCUT2D eigenvalue weighted by atomic mass is 19.1. The first-order chi connectivity index (χ1) is 7.75. The van der Waals surface area contributed by atoms with Gasteiger partial charge in [-0.25, -0.2) is 9.37 Å². The molecule has 0 unspecified atom stereocenters. The summed E-state index contributed by atoms with van der Waals surface area (Å²) in [5, 5.41) is 2.92. The van der Waals surface area contributed by atoms with Crippen molar-refractivity contribution < 1.29 is 4.39 Å². The van der Waals surface area contributed by atoms with Crippen molar-refractivity contribution in [2.75, 3.05) is 5.32 Å². The normalized spacial score (nSPS) is 10.1. The van der Waals surface area contributed by atoms with E-state index in [2.05, 4.69) is 15.3 Å². The monoisotopic (exact) mass is 217 g/mol. The van der Waals surface area contributed by atoms with Gasteiger partial charge in [-0.15, -0.1) is 0 Å². The predicted molar refractivity (Wildman–Crippen MR) is 60.5 cm³/mol. The second-order valence-corrected chi connectivity index (χ2v) is 3.50. The van der Waals surface area contributed by atoms with Crippen molar-refractivity contribution in [1.29, 1.82) is 0 Å². The molecule has 0 bridgehead atoms. The molecule has 3 nitrogen and oxygen atoms in total. The number of rotatable bonds is 3. The second-order valence-electron chi connectivity index (χ2n) is 3.50. The van der Waals surface area contributed by atoms with E-state index >= 15 is 0 Å². The van der Waals surface area contributed by atoms with Crippen molar-refractivity contribution in [3.05, 3.63) is 53.7 Å². The molecule has 0 amide bonds. The Morgan fingerprint density at radius 3 is 2.81 bits per heavy atom. The fourth-order valence-electron chi connectivity index (χ4n) is 1.30. The Kier molecular flexibility index (Phi) is 3.10. The summed E-state index contributed by atoms with van der Waals surface area (Å²) in [6.07, 6.45) is 3.32. The molecule has 0 saturated carbocycles. The van der Waals surface area contributed by atoms with Crippen LogP contribution >= 0.6 is 0 Å². The number of anilines is 1. The largest absolute Gasteiger partial charge is 0.364 e. The summed E-state index contributed by atoms with van der Waals surface area (Å²) in [7, 11) is 0. The van der Waals surface area contributed by atoms with E-state index in [9.17, 15) is 4.39 Å². The molecule has 0 fully saturated rings. The van der Waals surface area contributed by atoms with Crippen LogP contribution in [-0.2, 0) is 6.54 Å². The van der Waals surface area contributed by atoms with Crippen LogP contribution in [0.3, 0.4) is 0 Å². The van der Waals surface area contributed by atoms with Crippen LogP contribution in [0.5, 0.6) is 0 Å². The maximum atomic E-state index is 13.2. The number of aromatic nitrogens is 2. The quantitative estimate of drug-likeness (QED) is 0.858. The average molecular weight is 217 g/mol. The molecule has 0 radical (unpaired) electrons. The van der Waals surface area contributed by atoms with E-state index in [4.69, 9.17) is 0 Å². The van der Waals surface area contributed by atoms with Gasteiger partial charge < -0.3 is 5.32 Å². The molecular formula is C12H12FN3. The Bertz CT molecular complexity index is 468. The number of pyridine rings is 2. The third kappa shape index (κ3) is 2.53. The number of aryl methyl sites for hydroxylation is 1. The Morgan fingerprint density at radius 1 is 1.25 bits per heavy atom. The number of nitrogens with one attached hydrogen (secondary N) is 1. The fourth-order valence-corrected chi connectivity index (χ4v) is 1.30. The number of halogens is 1. The Hall–Kier alpha value is -1.97. The van der Waals surface area contributed by atoms with Crippen molar-refractivity contribution in [2.45, 2.75) is 13.5 Å². The van der Waals surface area contributed by atoms with Gasteiger partial charge in [0.15, 0.2) is 11.6 Å². The maximum Gasteiger partial charge on any atom is 0.165 e. The third-order valence-corrected chi connectivity index (χ3v) is 2.19. The molecule has 0 atom stereocenters. The van der Waals surface area contributed by atoms with Gasteiger partial charge in [-0.3, -0.25) is 4.98 Å². The van der Waals surface area contributed by atoms with Gasteiger partial charge in [0.25, 0.3) is 0 Å². The Labute approximate surface area is 93.4 Å². The summed E-state index contributed by atoms with van der Waals surface area (Å²) in [5.74, 6) is -0.0781. The van der Waals surface area contributed by atoms with Crippen LogP contribution in [0.15, 0.2) is 36.7 Å². The molecule has 0 aromatic carbocycles. The summed E-state index contributed by atoms with van der Waals surface area (Å²) >= 11 is 0. The predicted octanol–water partition coefficient (Wildman–Crippen LogP) is 2.54. The van der Waals surface area contributed by atoms with Crippen LogP contribution in [0.2, 0.25) is 0 Å². The van der Waals surface area contributed by atoms with Crippen molar-refractivity contribution in [2.24, 2.45) is 0 Å². The molecule has 4 heteroatoms. The minimum Gasteiger partial charge on any atom is -0.364 e. The van der Waals surface area contributed by atoms with Crippen LogP contribution in [0, 0.1) is 12.7 Å². The zero-order valence-corrected chi connectivity index (χ0v) is 8.94. The highest BCUT2D eigenvalue weighted by Crippen LogP contribution is 2.10. The van der Waals surface area contributed by atoms with Crippen molar-refractivity contribution in [3.63, 3.8) is 0 Å². The van der Waals surface area contributed by atoms with E-state index in [-0.39, 0.29) is 11.6 Å². The first-order valence-corrected chi connectivity index (χ1v) is 5.01. The van der Waals surface area contributed by atoms with Gasteiger partial charge in [0, 0.05) is 24.6 Å². The highest BCUT2D eigenvalue weighted by Gasteiger charge is 2.01. The lowest BCUT2D eigenvalue weighted by Crippen LogP contribution is -2.03. The van der Waals surface area contributed by atoms with E-state index in [1.807, 2.05) is 19.1 Å². The second kappa shape index (κ2) is 4.70. The smallest absolute Gasteiger partial charge is 0.165 e. The van der Waals surface area contributed by atoms with E-state index in [0.29, 0.717) is 6.54 Å². The van der Waals surface area contributed by atoms with E-state index in [1.165, 1.54) is 6.07 Å². The lowest BCUT2D eigenvalue weighted by atomic mass is 10.2. The molecule has 1 N–H and O–H groups in total. The molecule has 82 valence electrons. The number of hydrogen-bond acceptors (Lipinski definition) is 3. The molecule has 0 saturated heterocycles. The van der Waals surface area contributed by atoms with Crippen molar-refractivity contribution >= 4 is 5.82 Å². The molecule has 2 aromatic heterocycles. The van der Waals surface area contributed by atoms with Gasteiger partial charge in [-0.05, 0) is 30.7 Å². The van der Waals surface area contributed by atoms with Gasteiger partial charge in [0.2, 0.25) is 0 Å². The summed E-state index contributed by atoms with van der Waals surface area (Å²) in [4.78, 5) is 8.06. The van der Waals surface area contributed by atoms with Crippen LogP contribution in [-0.4, -0.2) is 9.97 Å². The minimum absolute atomic E-state index is 0.267.